The first-order valence-electron chi connectivity index (χ1n) is 6.27. The Balaban J connectivity index is 1.79. The summed E-state index contributed by atoms with van der Waals surface area (Å²) >= 11 is 2.03. The second kappa shape index (κ2) is 6.12. The summed E-state index contributed by atoms with van der Waals surface area (Å²) in [5, 5.41) is 11.3. The molecule has 88 valence electrons. The van der Waals surface area contributed by atoms with Crippen molar-refractivity contribution in [3.8, 4) is 0 Å². The molecule has 15 heavy (non-hydrogen) atoms. The van der Waals surface area contributed by atoms with Gasteiger partial charge in [-0.15, -0.1) is 0 Å². The highest BCUT2D eigenvalue weighted by Crippen LogP contribution is 2.34. The summed E-state index contributed by atoms with van der Waals surface area (Å²) in [7, 11) is 0. The lowest BCUT2D eigenvalue weighted by Crippen LogP contribution is -2.27. The minimum atomic E-state index is -0.0552. The fraction of sp³-hybridized carbons (Fsp3) is 1.00. The molecule has 2 aliphatic rings. The van der Waals surface area contributed by atoms with Crippen molar-refractivity contribution in [3.63, 3.8) is 0 Å². The van der Waals surface area contributed by atoms with Crippen LogP contribution in [0.25, 0.3) is 0 Å². The highest BCUT2D eigenvalue weighted by atomic mass is 32.2. The Kier molecular flexibility index (Phi) is 4.79. The van der Waals surface area contributed by atoms with Gasteiger partial charge < -0.3 is 9.84 Å². The minimum absolute atomic E-state index is 0.0552. The zero-order chi connectivity index (χ0) is 10.5. The van der Waals surface area contributed by atoms with Gasteiger partial charge in [-0.05, 0) is 25.7 Å². The largest absolute Gasteiger partial charge is 0.392 e. The zero-order valence-corrected chi connectivity index (χ0v) is 10.2. The van der Waals surface area contributed by atoms with Gasteiger partial charge in [-0.3, -0.25) is 0 Å². The number of thioether (sulfide) groups is 1. The van der Waals surface area contributed by atoms with Crippen LogP contribution in [0, 0.1) is 0 Å². The Hall–Kier alpha value is 0.270. The molecular weight excluding hydrogens is 208 g/mol. The summed E-state index contributed by atoms with van der Waals surface area (Å²) in [4.78, 5) is 0. The summed E-state index contributed by atoms with van der Waals surface area (Å²) in [6.07, 6.45) is 8.35. The van der Waals surface area contributed by atoms with Crippen molar-refractivity contribution in [2.75, 3.05) is 13.2 Å². The van der Waals surface area contributed by atoms with Crippen LogP contribution in [0.4, 0.5) is 0 Å². The lowest BCUT2D eigenvalue weighted by molar-refractivity contribution is 0.0993. The van der Waals surface area contributed by atoms with Crippen molar-refractivity contribution in [2.24, 2.45) is 0 Å². The van der Waals surface area contributed by atoms with Crippen molar-refractivity contribution >= 4 is 11.8 Å². The molecule has 3 heteroatoms. The first kappa shape index (κ1) is 11.7. The van der Waals surface area contributed by atoms with Gasteiger partial charge in [0.15, 0.2) is 0 Å². The smallest absolute Gasteiger partial charge is 0.0658 e. The fourth-order valence-electron chi connectivity index (χ4n) is 2.47. The Morgan fingerprint density at radius 2 is 1.67 bits per heavy atom. The Bertz CT molecular complexity index is 180. The Morgan fingerprint density at radius 3 is 2.47 bits per heavy atom. The second-order valence-electron chi connectivity index (χ2n) is 4.69. The van der Waals surface area contributed by atoms with Gasteiger partial charge in [0, 0.05) is 23.7 Å². The molecule has 0 bridgehead atoms. The van der Waals surface area contributed by atoms with E-state index in [-0.39, 0.29) is 6.10 Å². The van der Waals surface area contributed by atoms with Crippen LogP contribution in [0.15, 0.2) is 0 Å². The molecular formula is C12H22O2S. The number of aliphatic hydroxyl groups excluding tert-OH is 1. The highest BCUT2D eigenvalue weighted by molar-refractivity contribution is 8.00. The van der Waals surface area contributed by atoms with Gasteiger partial charge in [0.25, 0.3) is 0 Å². The molecule has 1 heterocycles. The second-order valence-corrected chi connectivity index (χ2v) is 6.24. The van der Waals surface area contributed by atoms with E-state index in [1.807, 2.05) is 11.8 Å². The van der Waals surface area contributed by atoms with Crippen LogP contribution in [0.3, 0.4) is 0 Å². The van der Waals surface area contributed by atoms with Crippen molar-refractivity contribution in [2.45, 2.75) is 61.5 Å². The normalized spacial score (nSPS) is 35.0. The first-order chi connectivity index (χ1) is 7.36. The van der Waals surface area contributed by atoms with Crippen molar-refractivity contribution in [1.29, 1.82) is 0 Å². The average Bonchev–Trinajstić information content (AvgIpc) is 2.46. The van der Waals surface area contributed by atoms with Crippen LogP contribution in [0.5, 0.6) is 0 Å². The van der Waals surface area contributed by atoms with Crippen LogP contribution < -0.4 is 0 Å². The molecule has 2 nitrogen and oxygen atoms in total. The summed E-state index contributed by atoms with van der Waals surface area (Å²) in [6, 6.07) is 0. The van der Waals surface area contributed by atoms with E-state index in [0.717, 1.165) is 24.9 Å². The van der Waals surface area contributed by atoms with Gasteiger partial charge in [0.2, 0.25) is 0 Å². The highest BCUT2D eigenvalue weighted by Gasteiger charge is 2.26. The van der Waals surface area contributed by atoms with Crippen LogP contribution in [0.1, 0.15) is 44.9 Å². The van der Waals surface area contributed by atoms with Gasteiger partial charge in [-0.1, -0.05) is 19.3 Å². The number of hydrogen-bond acceptors (Lipinski definition) is 3. The summed E-state index contributed by atoms with van der Waals surface area (Å²) < 4.78 is 5.36. The van der Waals surface area contributed by atoms with Crippen molar-refractivity contribution < 1.29 is 9.84 Å². The third-order valence-electron chi connectivity index (χ3n) is 3.45. The van der Waals surface area contributed by atoms with E-state index in [2.05, 4.69) is 0 Å². The Morgan fingerprint density at radius 1 is 0.933 bits per heavy atom. The van der Waals surface area contributed by atoms with E-state index in [4.69, 9.17) is 4.74 Å². The molecule has 0 aromatic rings. The maximum Gasteiger partial charge on any atom is 0.0658 e. The predicted octanol–water partition coefficient (Wildman–Crippen LogP) is 2.59. The quantitative estimate of drug-likeness (QED) is 0.739. The van der Waals surface area contributed by atoms with E-state index >= 15 is 0 Å². The fourth-order valence-corrected chi connectivity index (χ4v) is 4.05. The van der Waals surface area contributed by atoms with Gasteiger partial charge >= 0.3 is 0 Å². The van der Waals surface area contributed by atoms with Gasteiger partial charge in [0.05, 0.1) is 6.10 Å². The lowest BCUT2D eigenvalue weighted by atomic mass is 10.1. The first-order valence-corrected chi connectivity index (χ1v) is 7.22. The summed E-state index contributed by atoms with van der Waals surface area (Å²) in [5.74, 6) is 0. The maximum absolute atomic E-state index is 10.0. The predicted molar refractivity (Wildman–Crippen MR) is 64.3 cm³/mol. The molecule has 0 amide bonds. The third kappa shape index (κ3) is 3.65. The van der Waals surface area contributed by atoms with Crippen LogP contribution in [-0.2, 0) is 4.74 Å². The number of rotatable bonds is 2. The zero-order valence-electron chi connectivity index (χ0n) is 9.36. The molecule has 0 aromatic heterocycles. The van der Waals surface area contributed by atoms with Crippen molar-refractivity contribution in [1.82, 2.24) is 0 Å². The number of hydrogen-bond donors (Lipinski definition) is 1. The molecule has 1 aliphatic carbocycles. The standard InChI is InChI=1S/C12H22O2S/c13-11-4-2-1-3-5-12(11)15-10-6-8-14-9-7-10/h10-13H,1-9H2. The molecule has 2 fully saturated rings. The van der Waals surface area contributed by atoms with Crippen LogP contribution in [0.2, 0.25) is 0 Å². The average molecular weight is 230 g/mol. The maximum atomic E-state index is 10.0. The molecule has 2 rings (SSSR count). The van der Waals surface area contributed by atoms with E-state index in [9.17, 15) is 5.11 Å². The molecule has 1 saturated carbocycles. The molecule has 2 unspecified atom stereocenters. The van der Waals surface area contributed by atoms with Gasteiger partial charge in [-0.25, -0.2) is 0 Å². The summed E-state index contributed by atoms with van der Waals surface area (Å²) in [5.41, 5.74) is 0. The molecule has 1 aliphatic heterocycles. The molecule has 1 saturated heterocycles. The topological polar surface area (TPSA) is 29.5 Å². The van der Waals surface area contributed by atoms with Gasteiger partial charge in [-0.2, -0.15) is 11.8 Å². The van der Waals surface area contributed by atoms with E-state index < -0.39 is 0 Å². The Labute approximate surface area is 96.8 Å². The third-order valence-corrected chi connectivity index (χ3v) is 5.21. The molecule has 2 atom stereocenters. The van der Waals surface area contributed by atoms with Crippen LogP contribution in [-0.4, -0.2) is 34.9 Å². The van der Waals surface area contributed by atoms with E-state index in [1.165, 1.54) is 38.5 Å². The summed E-state index contributed by atoms with van der Waals surface area (Å²) in [6.45, 7) is 1.83. The monoisotopic (exact) mass is 230 g/mol. The molecule has 1 N–H and O–H groups in total. The van der Waals surface area contributed by atoms with Gasteiger partial charge in [0.1, 0.15) is 0 Å². The van der Waals surface area contributed by atoms with E-state index in [1.54, 1.807) is 0 Å². The lowest BCUT2D eigenvalue weighted by Gasteiger charge is -2.28. The number of aliphatic hydroxyl groups is 1. The van der Waals surface area contributed by atoms with Crippen LogP contribution >= 0.6 is 11.8 Å². The molecule has 0 aromatic carbocycles. The molecule has 0 spiro atoms. The SMILES string of the molecule is OC1CCCCCC1SC1CCOCC1. The number of ether oxygens (including phenoxy) is 1. The van der Waals surface area contributed by atoms with E-state index in [0.29, 0.717) is 5.25 Å². The minimum Gasteiger partial charge on any atom is -0.392 e. The van der Waals surface area contributed by atoms with Crippen molar-refractivity contribution in [3.05, 3.63) is 0 Å². The molecule has 0 radical (unpaired) electrons.